The molecular formula is C17H17NO4. The zero-order chi connectivity index (χ0) is 15.9. The first-order valence-corrected chi connectivity index (χ1v) is 6.65. The third-order valence-electron chi connectivity index (χ3n) is 3.21. The highest BCUT2D eigenvalue weighted by Gasteiger charge is 2.14. The monoisotopic (exact) mass is 299 g/mol. The Morgan fingerprint density at radius 3 is 1.95 bits per heavy atom. The molecule has 0 saturated carbocycles. The van der Waals surface area contributed by atoms with Crippen LogP contribution in [0.1, 0.15) is 11.1 Å². The van der Waals surface area contributed by atoms with E-state index in [1.165, 1.54) is 7.11 Å². The molecule has 0 N–H and O–H groups in total. The lowest BCUT2D eigenvalue weighted by Crippen LogP contribution is -2.03. The fraction of sp³-hybridized carbons (Fsp3) is 0.235. The number of nitriles is 1. The summed E-state index contributed by atoms with van der Waals surface area (Å²) in [7, 11) is 4.71. The molecule has 0 aromatic heterocycles. The van der Waals surface area contributed by atoms with Crippen molar-refractivity contribution in [2.75, 3.05) is 21.3 Å². The lowest BCUT2D eigenvalue weighted by atomic mass is 10.1. The number of ether oxygens (including phenoxy) is 4. The van der Waals surface area contributed by atoms with E-state index in [0.717, 1.165) is 5.56 Å². The predicted molar refractivity (Wildman–Crippen MR) is 81.6 cm³/mol. The van der Waals surface area contributed by atoms with Gasteiger partial charge in [0.05, 0.1) is 32.5 Å². The van der Waals surface area contributed by atoms with Crippen LogP contribution in [0.3, 0.4) is 0 Å². The van der Waals surface area contributed by atoms with Crippen LogP contribution in [0, 0.1) is 11.3 Å². The van der Waals surface area contributed by atoms with Gasteiger partial charge in [-0.15, -0.1) is 0 Å². The number of rotatable bonds is 6. The SMILES string of the molecule is COc1cccc(OC)c1COc1c(C#N)cccc1OC. The first kappa shape index (κ1) is 15.5. The number of methoxy groups -OCH3 is 3. The lowest BCUT2D eigenvalue weighted by Gasteiger charge is -2.16. The zero-order valence-corrected chi connectivity index (χ0v) is 12.8. The molecule has 2 aromatic carbocycles. The second kappa shape index (κ2) is 7.23. The van der Waals surface area contributed by atoms with Crippen LogP contribution >= 0.6 is 0 Å². The molecule has 5 nitrogen and oxygen atoms in total. The topological polar surface area (TPSA) is 60.7 Å². The van der Waals surface area contributed by atoms with E-state index in [2.05, 4.69) is 6.07 Å². The highest BCUT2D eigenvalue weighted by molar-refractivity contribution is 5.53. The highest BCUT2D eigenvalue weighted by Crippen LogP contribution is 2.34. The van der Waals surface area contributed by atoms with Crippen LogP contribution in [0.5, 0.6) is 23.0 Å². The van der Waals surface area contributed by atoms with Crippen LogP contribution in [0.25, 0.3) is 0 Å². The molecular weight excluding hydrogens is 282 g/mol. The normalized spacial score (nSPS) is 9.73. The molecule has 22 heavy (non-hydrogen) atoms. The first-order chi connectivity index (χ1) is 10.7. The standard InChI is InChI=1S/C17H17NO4/c1-19-14-7-5-8-15(20-2)13(14)11-22-17-12(10-18)6-4-9-16(17)21-3/h4-9H,11H2,1-3H3. The molecule has 0 saturated heterocycles. The van der Waals surface area contributed by atoms with Crippen molar-refractivity contribution < 1.29 is 18.9 Å². The van der Waals surface area contributed by atoms with Gasteiger partial charge in [0.25, 0.3) is 0 Å². The van der Waals surface area contributed by atoms with Gasteiger partial charge < -0.3 is 18.9 Å². The molecule has 0 amide bonds. The average Bonchev–Trinajstić information content (AvgIpc) is 2.58. The summed E-state index contributed by atoms with van der Waals surface area (Å²) < 4.78 is 21.7. The molecule has 0 aliphatic carbocycles. The van der Waals surface area contributed by atoms with E-state index in [0.29, 0.717) is 28.6 Å². The summed E-state index contributed by atoms with van der Waals surface area (Å²) in [6.45, 7) is 0.197. The van der Waals surface area contributed by atoms with Gasteiger partial charge in [0, 0.05) is 0 Å². The van der Waals surface area contributed by atoms with Crippen molar-refractivity contribution in [2.45, 2.75) is 6.61 Å². The Morgan fingerprint density at radius 2 is 1.41 bits per heavy atom. The van der Waals surface area contributed by atoms with Crippen LogP contribution in [-0.2, 0) is 6.61 Å². The van der Waals surface area contributed by atoms with Crippen molar-refractivity contribution in [3.8, 4) is 29.1 Å². The van der Waals surface area contributed by atoms with E-state index < -0.39 is 0 Å². The maximum Gasteiger partial charge on any atom is 0.179 e. The number of hydrogen-bond donors (Lipinski definition) is 0. The van der Waals surface area contributed by atoms with Crippen molar-refractivity contribution in [3.05, 3.63) is 47.5 Å². The minimum Gasteiger partial charge on any atom is -0.496 e. The molecule has 0 radical (unpaired) electrons. The van der Waals surface area contributed by atoms with Crippen molar-refractivity contribution in [3.63, 3.8) is 0 Å². The van der Waals surface area contributed by atoms with Crippen molar-refractivity contribution in [1.82, 2.24) is 0 Å². The maximum absolute atomic E-state index is 9.20. The van der Waals surface area contributed by atoms with Gasteiger partial charge in [-0.25, -0.2) is 0 Å². The fourth-order valence-electron chi connectivity index (χ4n) is 2.13. The summed E-state index contributed by atoms with van der Waals surface area (Å²) in [4.78, 5) is 0. The summed E-state index contributed by atoms with van der Waals surface area (Å²) in [5.41, 5.74) is 1.18. The summed E-state index contributed by atoms with van der Waals surface area (Å²) in [5, 5.41) is 9.20. The third-order valence-corrected chi connectivity index (χ3v) is 3.21. The zero-order valence-electron chi connectivity index (χ0n) is 12.8. The smallest absolute Gasteiger partial charge is 0.179 e. The van der Waals surface area contributed by atoms with Crippen LogP contribution in [0.2, 0.25) is 0 Å². The molecule has 0 bridgehead atoms. The largest absolute Gasteiger partial charge is 0.496 e. The highest BCUT2D eigenvalue weighted by atomic mass is 16.5. The van der Waals surface area contributed by atoms with Crippen LogP contribution in [0.15, 0.2) is 36.4 Å². The second-order valence-corrected chi connectivity index (χ2v) is 4.38. The fourth-order valence-corrected chi connectivity index (χ4v) is 2.13. The lowest BCUT2D eigenvalue weighted by molar-refractivity contribution is 0.270. The number of nitrogens with zero attached hydrogens (tertiary/aromatic N) is 1. The molecule has 0 atom stereocenters. The van der Waals surface area contributed by atoms with Gasteiger partial charge in [-0.2, -0.15) is 5.26 Å². The van der Waals surface area contributed by atoms with E-state index in [1.807, 2.05) is 18.2 Å². The third kappa shape index (κ3) is 3.07. The molecule has 0 unspecified atom stereocenters. The van der Waals surface area contributed by atoms with Gasteiger partial charge in [0.15, 0.2) is 11.5 Å². The molecule has 0 aliphatic rings. The van der Waals surface area contributed by atoms with Crippen molar-refractivity contribution >= 4 is 0 Å². The molecule has 0 heterocycles. The molecule has 5 heteroatoms. The van der Waals surface area contributed by atoms with Gasteiger partial charge >= 0.3 is 0 Å². The number of hydrogen-bond acceptors (Lipinski definition) is 5. The molecule has 2 rings (SSSR count). The Morgan fingerprint density at radius 1 is 0.864 bits per heavy atom. The van der Waals surface area contributed by atoms with Gasteiger partial charge in [-0.05, 0) is 24.3 Å². The van der Waals surface area contributed by atoms with Crippen LogP contribution in [0.4, 0.5) is 0 Å². The number of benzene rings is 2. The summed E-state index contributed by atoms with van der Waals surface area (Å²) in [5.74, 6) is 2.23. The van der Waals surface area contributed by atoms with E-state index in [-0.39, 0.29) is 6.61 Å². The Kier molecular flexibility index (Phi) is 5.10. The first-order valence-electron chi connectivity index (χ1n) is 6.65. The Labute approximate surface area is 129 Å². The van der Waals surface area contributed by atoms with E-state index in [9.17, 15) is 5.26 Å². The van der Waals surface area contributed by atoms with Gasteiger partial charge in [0.2, 0.25) is 0 Å². The molecule has 0 fully saturated rings. The predicted octanol–water partition coefficient (Wildman–Crippen LogP) is 3.16. The summed E-state index contributed by atoms with van der Waals surface area (Å²) in [6.07, 6.45) is 0. The van der Waals surface area contributed by atoms with Gasteiger partial charge in [-0.3, -0.25) is 0 Å². The van der Waals surface area contributed by atoms with Crippen molar-refractivity contribution in [1.29, 1.82) is 5.26 Å². The van der Waals surface area contributed by atoms with Gasteiger partial charge in [0.1, 0.15) is 24.2 Å². The minimum atomic E-state index is 0.197. The quantitative estimate of drug-likeness (QED) is 0.820. The van der Waals surface area contributed by atoms with E-state index >= 15 is 0 Å². The summed E-state index contributed by atoms with van der Waals surface area (Å²) >= 11 is 0. The van der Waals surface area contributed by atoms with E-state index in [1.54, 1.807) is 32.4 Å². The Hall–Kier alpha value is -2.87. The van der Waals surface area contributed by atoms with Crippen LogP contribution < -0.4 is 18.9 Å². The maximum atomic E-state index is 9.20. The second-order valence-electron chi connectivity index (χ2n) is 4.38. The summed E-state index contributed by atoms with van der Waals surface area (Å²) in [6, 6.07) is 12.8. The Bertz CT molecular complexity index is 669. The minimum absolute atomic E-state index is 0.197. The molecule has 2 aromatic rings. The molecule has 0 aliphatic heterocycles. The molecule has 114 valence electrons. The van der Waals surface area contributed by atoms with Gasteiger partial charge in [-0.1, -0.05) is 12.1 Å². The van der Waals surface area contributed by atoms with Crippen molar-refractivity contribution in [2.24, 2.45) is 0 Å². The average molecular weight is 299 g/mol. The molecule has 0 spiro atoms. The van der Waals surface area contributed by atoms with E-state index in [4.69, 9.17) is 18.9 Å². The number of para-hydroxylation sites is 1. The van der Waals surface area contributed by atoms with Crippen LogP contribution in [-0.4, -0.2) is 21.3 Å². The Balaban J connectivity index is 2.34.